The van der Waals surface area contributed by atoms with Crippen LogP contribution in [0.1, 0.15) is 19.4 Å². The van der Waals surface area contributed by atoms with Crippen LogP contribution in [-0.2, 0) is 11.2 Å². The number of carbonyl (C=O) groups excluding carboxylic acids is 2. The molecule has 0 unspecified atom stereocenters. The summed E-state index contributed by atoms with van der Waals surface area (Å²) in [6.07, 6.45) is 0.965. The van der Waals surface area contributed by atoms with E-state index >= 15 is 0 Å². The lowest BCUT2D eigenvalue weighted by Gasteiger charge is -2.09. The molecule has 0 aliphatic carbocycles. The molecule has 0 aliphatic heterocycles. The highest BCUT2D eigenvalue weighted by atomic mass is 16.2. The van der Waals surface area contributed by atoms with E-state index in [1.807, 2.05) is 24.3 Å². The minimum Gasteiger partial charge on any atom is -0.326 e. The summed E-state index contributed by atoms with van der Waals surface area (Å²) < 4.78 is 0. The lowest BCUT2D eigenvalue weighted by atomic mass is 10.1. The zero-order valence-electron chi connectivity index (χ0n) is 12.6. The van der Waals surface area contributed by atoms with Crippen LogP contribution in [0.2, 0.25) is 0 Å². The summed E-state index contributed by atoms with van der Waals surface area (Å²) in [7, 11) is 0. The van der Waals surface area contributed by atoms with Crippen LogP contribution in [0.4, 0.5) is 21.9 Å². The van der Waals surface area contributed by atoms with Crippen LogP contribution in [0.15, 0.2) is 48.5 Å². The van der Waals surface area contributed by atoms with Gasteiger partial charge in [0, 0.05) is 24.0 Å². The second kappa shape index (κ2) is 7.26. The van der Waals surface area contributed by atoms with Gasteiger partial charge < -0.3 is 16.0 Å². The molecule has 5 heteroatoms. The Morgan fingerprint density at radius 1 is 0.773 bits per heavy atom. The van der Waals surface area contributed by atoms with Crippen molar-refractivity contribution < 1.29 is 9.59 Å². The van der Waals surface area contributed by atoms with E-state index in [1.165, 1.54) is 12.5 Å². The lowest BCUT2D eigenvalue weighted by molar-refractivity contribution is -0.114. The number of rotatable bonds is 4. The van der Waals surface area contributed by atoms with Crippen molar-refractivity contribution in [3.8, 4) is 0 Å². The van der Waals surface area contributed by atoms with Crippen molar-refractivity contribution in [2.24, 2.45) is 0 Å². The van der Waals surface area contributed by atoms with E-state index in [9.17, 15) is 9.59 Å². The van der Waals surface area contributed by atoms with Gasteiger partial charge in [-0.15, -0.1) is 0 Å². The first-order chi connectivity index (χ1) is 10.6. The first kappa shape index (κ1) is 15.6. The number of nitrogens with one attached hydrogen (secondary N) is 3. The Morgan fingerprint density at radius 3 is 1.59 bits per heavy atom. The third-order valence-electron chi connectivity index (χ3n) is 3.08. The Morgan fingerprint density at radius 2 is 1.18 bits per heavy atom. The largest absolute Gasteiger partial charge is 0.326 e. The van der Waals surface area contributed by atoms with E-state index in [1.54, 1.807) is 24.3 Å². The second-order valence-corrected chi connectivity index (χ2v) is 4.89. The summed E-state index contributed by atoms with van der Waals surface area (Å²) in [5, 5.41) is 8.17. The van der Waals surface area contributed by atoms with Gasteiger partial charge in [0.1, 0.15) is 0 Å². The highest BCUT2D eigenvalue weighted by Gasteiger charge is 2.03. The van der Waals surface area contributed by atoms with Gasteiger partial charge in [0.15, 0.2) is 0 Å². The van der Waals surface area contributed by atoms with Gasteiger partial charge in [0.2, 0.25) is 5.91 Å². The maximum absolute atomic E-state index is 11.9. The number of hydrogen-bond acceptors (Lipinski definition) is 2. The van der Waals surface area contributed by atoms with Gasteiger partial charge in [-0.25, -0.2) is 4.79 Å². The third-order valence-corrected chi connectivity index (χ3v) is 3.08. The minimum atomic E-state index is -0.309. The van der Waals surface area contributed by atoms with E-state index in [0.29, 0.717) is 11.4 Å². The molecule has 2 aromatic rings. The van der Waals surface area contributed by atoms with Crippen LogP contribution in [0.3, 0.4) is 0 Å². The highest BCUT2D eigenvalue weighted by molar-refractivity contribution is 6.00. The Bertz CT molecular complexity index is 649. The summed E-state index contributed by atoms with van der Waals surface area (Å²) >= 11 is 0. The Labute approximate surface area is 129 Å². The number of hydrogen-bond donors (Lipinski definition) is 3. The molecule has 0 atom stereocenters. The number of aryl methyl sites for hydroxylation is 1. The van der Waals surface area contributed by atoms with Gasteiger partial charge in [-0.05, 0) is 48.4 Å². The average molecular weight is 297 g/mol. The van der Waals surface area contributed by atoms with Gasteiger partial charge in [-0.2, -0.15) is 0 Å². The van der Waals surface area contributed by atoms with Crippen molar-refractivity contribution in [2.75, 3.05) is 16.0 Å². The van der Waals surface area contributed by atoms with Gasteiger partial charge in [0.25, 0.3) is 0 Å². The molecule has 0 saturated carbocycles. The summed E-state index contributed by atoms with van der Waals surface area (Å²) in [5.41, 5.74) is 3.30. The zero-order chi connectivity index (χ0) is 15.9. The molecular weight excluding hydrogens is 278 g/mol. The Balaban J connectivity index is 1.92. The monoisotopic (exact) mass is 297 g/mol. The predicted octanol–water partition coefficient (Wildman–Crippen LogP) is 3.85. The lowest BCUT2D eigenvalue weighted by Crippen LogP contribution is -2.19. The molecule has 5 nitrogen and oxygen atoms in total. The van der Waals surface area contributed by atoms with Crippen LogP contribution >= 0.6 is 0 Å². The molecule has 0 heterocycles. The Hall–Kier alpha value is -2.82. The third kappa shape index (κ3) is 4.63. The molecule has 0 fully saturated rings. The molecule has 2 rings (SSSR count). The van der Waals surface area contributed by atoms with E-state index in [4.69, 9.17) is 0 Å². The predicted molar refractivity (Wildman–Crippen MR) is 89.2 cm³/mol. The average Bonchev–Trinajstić information content (AvgIpc) is 2.49. The molecule has 0 aliphatic rings. The SMILES string of the molecule is CCc1ccc(NC(=O)Nc2ccc(NC(C)=O)cc2)cc1. The summed E-state index contributed by atoms with van der Waals surface area (Å²) in [5.74, 6) is -0.131. The standard InChI is InChI=1S/C17H19N3O2/c1-3-13-4-6-15(7-5-13)19-17(22)20-16-10-8-14(9-11-16)18-12(2)21/h4-11H,3H2,1-2H3,(H,18,21)(H2,19,20,22). The molecule has 0 aromatic heterocycles. The van der Waals surface area contributed by atoms with E-state index in [2.05, 4.69) is 22.9 Å². The molecule has 22 heavy (non-hydrogen) atoms. The van der Waals surface area contributed by atoms with Gasteiger partial charge >= 0.3 is 6.03 Å². The molecular formula is C17H19N3O2. The first-order valence-electron chi connectivity index (χ1n) is 7.11. The van der Waals surface area contributed by atoms with E-state index in [0.717, 1.165) is 12.1 Å². The number of urea groups is 1. The van der Waals surface area contributed by atoms with Crippen molar-refractivity contribution in [3.05, 3.63) is 54.1 Å². The van der Waals surface area contributed by atoms with Crippen LogP contribution in [-0.4, -0.2) is 11.9 Å². The van der Waals surface area contributed by atoms with Crippen molar-refractivity contribution in [3.63, 3.8) is 0 Å². The van der Waals surface area contributed by atoms with Crippen molar-refractivity contribution >= 4 is 29.0 Å². The zero-order valence-corrected chi connectivity index (χ0v) is 12.6. The van der Waals surface area contributed by atoms with Gasteiger partial charge in [-0.1, -0.05) is 19.1 Å². The number of amides is 3. The fourth-order valence-electron chi connectivity index (χ4n) is 1.96. The summed E-state index contributed by atoms with van der Waals surface area (Å²) in [4.78, 5) is 22.8. The molecule has 2 aromatic carbocycles. The topological polar surface area (TPSA) is 70.2 Å². The molecule has 0 spiro atoms. The first-order valence-corrected chi connectivity index (χ1v) is 7.11. The molecule has 0 saturated heterocycles. The van der Waals surface area contributed by atoms with E-state index < -0.39 is 0 Å². The smallest absolute Gasteiger partial charge is 0.323 e. The van der Waals surface area contributed by atoms with Crippen molar-refractivity contribution in [1.82, 2.24) is 0 Å². The van der Waals surface area contributed by atoms with Crippen LogP contribution in [0, 0.1) is 0 Å². The van der Waals surface area contributed by atoms with E-state index in [-0.39, 0.29) is 11.9 Å². The molecule has 0 radical (unpaired) electrons. The Kier molecular flexibility index (Phi) is 5.14. The normalized spacial score (nSPS) is 9.91. The maximum Gasteiger partial charge on any atom is 0.323 e. The minimum absolute atomic E-state index is 0.131. The second-order valence-electron chi connectivity index (χ2n) is 4.89. The highest BCUT2D eigenvalue weighted by Crippen LogP contribution is 2.15. The molecule has 3 N–H and O–H groups in total. The fourth-order valence-corrected chi connectivity index (χ4v) is 1.96. The summed E-state index contributed by atoms with van der Waals surface area (Å²) in [6, 6.07) is 14.3. The maximum atomic E-state index is 11.9. The molecule has 0 bridgehead atoms. The summed E-state index contributed by atoms with van der Waals surface area (Å²) in [6.45, 7) is 3.53. The molecule has 114 valence electrons. The van der Waals surface area contributed by atoms with Crippen LogP contribution < -0.4 is 16.0 Å². The number of benzene rings is 2. The van der Waals surface area contributed by atoms with Gasteiger partial charge in [0.05, 0.1) is 0 Å². The van der Waals surface area contributed by atoms with Crippen LogP contribution in [0.25, 0.3) is 0 Å². The van der Waals surface area contributed by atoms with Crippen molar-refractivity contribution in [2.45, 2.75) is 20.3 Å². The van der Waals surface area contributed by atoms with Crippen molar-refractivity contribution in [1.29, 1.82) is 0 Å². The number of carbonyl (C=O) groups is 2. The number of anilines is 3. The van der Waals surface area contributed by atoms with Gasteiger partial charge in [-0.3, -0.25) is 4.79 Å². The molecule has 3 amide bonds. The fraction of sp³-hybridized carbons (Fsp3) is 0.176. The quantitative estimate of drug-likeness (QED) is 0.802. The van der Waals surface area contributed by atoms with Crippen LogP contribution in [0.5, 0.6) is 0 Å².